The molecule has 0 spiro atoms. The molecule has 3 rings (SSSR count). The van der Waals surface area contributed by atoms with Crippen molar-refractivity contribution in [3.05, 3.63) is 65.7 Å². The SMILES string of the molecule is c1ccc(Cc2cccc(N3CCNCC3)c2)cc1. The molecule has 2 aromatic rings. The summed E-state index contributed by atoms with van der Waals surface area (Å²) in [6.07, 6.45) is 1.01. The second-order valence-electron chi connectivity index (χ2n) is 5.07. The zero-order valence-corrected chi connectivity index (χ0v) is 11.2. The van der Waals surface area contributed by atoms with Crippen LogP contribution < -0.4 is 10.2 Å². The van der Waals surface area contributed by atoms with Crippen LogP contribution in [0.25, 0.3) is 0 Å². The molecule has 1 aliphatic rings. The summed E-state index contributed by atoms with van der Waals surface area (Å²) in [7, 11) is 0. The summed E-state index contributed by atoms with van der Waals surface area (Å²) in [5.41, 5.74) is 4.12. The Labute approximate surface area is 115 Å². The van der Waals surface area contributed by atoms with Crippen LogP contribution in [0.15, 0.2) is 54.6 Å². The van der Waals surface area contributed by atoms with Gasteiger partial charge in [-0.25, -0.2) is 0 Å². The van der Waals surface area contributed by atoms with Gasteiger partial charge in [-0.05, 0) is 29.7 Å². The Balaban J connectivity index is 1.76. The van der Waals surface area contributed by atoms with Crippen LogP contribution in [0, 0.1) is 0 Å². The van der Waals surface area contributed by atoms with E-state index < -0.39 is 0 Å². The third-order valence-corrected chi connectivity index (χ3v) is 3.64. The van der Waals surface area contributed by atoms with Crippen LogP contribution in [0.3, 0.4) is 0 Å². The maximum Gasteiger partial charge on any atom is 0.0369 e. The fourth-order valence-electron chi connectivity index (χ4n) is 2.62. The number of benzene rings is 2. The molecule has 0 unspecified atom stereocenters. The van der Waals surface area contributed by atoms with Crippen molar-refractivity contribution in [3.8, 4) is 0 Å². The van der Waals surface area contributed by atoms with Crippen molar-refractivity contribution < 1.29 is 0 Å². The van der Waals surface area contributed by atoms with Crippen LogP contribution in [-0.4, -0.2) is 26.2 Å². The Hall–Kier alpha value is -1.80. The van der Waals surface area contributed by atoms with Gasteiger partial charge in [-0.1, -0.05) is 42.5 Å². The molecule has 1 aliphatic heterocycles. The predicted octanol–water partition coefficient (Wildman–Crippen LogP) is 2.69. The van der Waals surface area contributed by atoms with E-state index in [4.69, 9.17) is 0 Å². The second kappa shape index (κ2) is 5.89. The van der Waals surface area contributed by atoms with E-state index in [1.165, 1.54) is 16.8 Å². The van der Waals surface area contributed by atoms with Gasteiger partial charge in [-0.3, -0.25) is 0 Å². The summed E-state index contributed by atoms with van der Waals surface area (Å²) >= 11 is 0. The fourth-order valence-corrected chi connectivity index (χ4v) is 2.62. The highest BCUT2D eigenvalue weighted by Gasteiger charge is 2.10. The van der Waals surface area contributed by atoms with Crippen molar-refractivity contribution in [2.45, 2.75) is 6.42 Å². The van der Waals surface area contributed by atoms with E-state index in [1.54, 1.807) is 0 Å². The van der Waals surface area contributed by atoms with Crippen LogP contribution in [0.1, 0.15) is 11.1 Å². The van der Waals surface area contributed by atoms with E-state index in [9.17, 15) is 0 Å². The number of piperazine rings is 1. The standard InChI is InChI=1S/C17H20N2/c1-2-5-15(6-3-1)13-16-7-4-8-17(14-16)19-11-9-18-10-12-19/h1-8,14,18H,9-13H2. The molecule has 0 aliphatic carbocycles. The largest absolute Gasteiger partial charge is 0.369 e. The van der Waals surface area contributed by atoms with Gasteiger partial charge >= 0.3 is 0 Å². The molecule has 1 heterocycles. The number of hydrogen-bond acceptors (Lipinski definition) is 2. The second-order valence-corrected chi connectivity index (χ2v) is 5.07. The first kappa shape index (κ1) is 12.2. The van der Waals surface area contributed by atoms with Crippen molar-refractivity contribution in [3.63, 3.8) is 0 Å². The molecule has 1 fully saturated rings. The monoisotopic (exact) mass is 252 g/mol. The molecular formula is C17H20N2. The van der Waals surface area contributed by atoms with Crippen LogP contribution >= 0.6 is 0 Å². The van der Waals surface area contributed by atoms with Crippen molar-refractivity contribution in [2.75, 3.05) is 31.1 Å². The molecule has 0 saturated carbocycles. The molecular weight excluding hydrogens is 232 g/mol. The van der Waals surface area contributed by atoms with E-state index in [-0.39, 0.29) is 0 Å². The summed E-state index contributed by atoms with van der Waals surface area (Å²) in [4.78, 5) is 2.46. The molecule has 2 nitrogen and oxygen atoms in total. The number of rotatable bonds is 3. The zero-order valence-electron chi connectivity index (χ0n) is 11.2. The summed E-state index contributed by atoms with van der Waals surface area (Å²) in [6.45, 7) is 4.38. The summed E-state index contributed by atoms with van der Waals surface area (Å²) in [5, 5.41) is 3.40. The maximum absolute atomic E-state index is 3.40. The van der Waals surface area contributed by atoms with Crippen molar-refractivity contribution >= 4 is 5.69 Å². The highest BCUT2D eigenvalue weighted by molar-refractivity contribution is 5.49. The Bertz CT molecular complexity index is 516. The summed E-state index contributed by atoms with van der Waals surface area (Å²) < 4.78 is 0. The summed E-state index contributed by atoms with van der Waals surface area (Å²) in [5.74, 6) is 0. The van der Waals surface area contributed by atoms with Crippen LogP contribution in [-0.2, 0) is 6.42 Å². The van der Waals surface area contributed by atoms with Gasteiger partial charge in [-0.15, -0.1) is 0 Å². The van der Waals surface area contributed by atoms with Crippen LogP contribution in [0.5, 0.6) is 0 Å². The van der Waals surface area contributed by atoms with Gasteiger partial charge in [0.15, 0.2) is 0 Å². The number of hydrogen-bond donors (Lipinski definition) is 1. The third kappa shape index (κ3) is 3.15. The quantitative estimate of drug-likeness (QED) is 0.903. The van der Waals surface area contributed by atoms with Crippen molar-refractivity contribution in [2.24, 2.45) is 0 Å². The molecule has 0 radical (unpaired) electrons. The maximum atomic E-state index is 3.40. The Kier molecular flexibility index (Phi) is 3.80. The minimum Gasteiger partial charge on any atom is -0.369 e. The normalized spacial score (nSPS) is 15.5. The molecule has 2 aromatic carbocycles. The topological polar surface area (TPSA) is 15.3 Å². The number of nitrogens with zero attached hydrogens (tertiary/aromatic N) is 1. The van der Waals surface area contributed by atoms with Gasteiger partial charge < -0.3 is 10.2 Å². The first-order chi connectivity index (χ1) is 9.42. The van der Waals surface area contributed by atoms with E-state index in [0.29, 0.717) is 0 Å². The molecule has 1 N–H and O–H groups in total. The van der Waals surface area contributed by atoms with E-state index in [0.717, 1.165) is 32.6 Å². The lowest BCUT2D eigenvalue weighted by molar-refractivity contribution is 0.589. The molecule has 1 saturated heterocycles. The van der Waals surface area contributed by atoms with Crippen molar-refractivity contribution in [1.29, 1.82) is 0 Å². The Morgan fingerprint density at radius 2 is 1.58 bits per heavy atom. The number of nitrogens with one attached hydrogen (secondary N) is 1. The van der Waals surface area contributed by atoms with Gasteiger partial charge in [0.25, 0.3) is 0 Å². The average molecular weight is 252 g/mol. The van der Waals surface area contributed by atoms with E-state index in [1.807, 2.05) is 0 Å². The van der Waals surface area contributed by atoms with Crippen LogP contribution in [0.2, 0.25) is 0 Å². The molecule has 19 heavy (non-hydrogen) atoms. The van der Waals surface area contributed by atoms with Gasteiger partial charge in [0, 0.05) is 31.9 Å². The van der Waals surface area contributed by atoms with E-state index >= 15 is 0 Å². The summed E-state index contributed by atoms with van der Waals surface area (Å²) in [6, 6.07) is 19.6. The molecule has 0 aromatic heterocycles. The fraction of sp³-hybridized carbons (Fsp3) is 0.294. The van der Waals surface area contributed by atoms with Gasteiger partial charge in [0.2, 0.25) is 0 Å². The Morgan fingerprint density at radius 3 is 2.37 bits per heavy atom. The smallest absolute Gasteiger partial charge is 0.0369 e. The molecule has 0 bridgehead atoms. The first-order valence-corrected chi connectivity index (χ1v) is 7.00. The minimum atomic E-state index is 1.01. The van der Waals surface area contributed by atoms with Crippen LogP contribution in [0.4, 0.5) is 5.69 Å². The lowest BCUT2D eigenvalue weighted by atomic mass is 10.0. The third-order valence-electron chi connectivity index (χ3n) is 3.64. The van der Waals surface area contributed by atoms with Gasteiger partial charge in [0.05, 0.1) is 0 Å². The first-order valence-electron chi connectivity index (χ1n) is 7.00. The number of anilines is 1. The predicted molar refractivity (Wildman–Crippen MR) is 80.8 cm³/mol. The molecule has 98 valence electrons. The molecule has 0 amide bonds. The molecule has 0 atom stereocenters. The lowest BCUT2D eigenvalue weighted by Gasteiger charge is -2.29. The lowest BCUT2D eigenvalue weighted by Crippen LogP contribution is -2.43. The average Bonchev–Trinajstić information content (AvgIpc) is 2.49. The van der Waals surface area contributed by atoms with E-state index in [2.05, 4.69) is 64.8 Å². The van der Waals surface area contributed by atoms with Gasteiger partial charge in [-0.2, -0.15) is 0 Å². The molecule has 2 heteroatoms. The zero-order chi connectivity index (χ0) is 12.9. The van der Waals surface area contributed by atoms with Crippen molar-refractivity contribution in [1.82, 2.24) is 5.32 Å². The Morgan fingerprint density at radius 1 is 0.842 bits per heavy atom. The highest BCUT2D eigenvalue weighted by Crippen LogP contribution is 2.18. The minimum absolute atomic E-state index is 1.01. The van der Waals surface area contributed by atoms with Gasteiger partial charge in [0.1, 0.15) is 0 Å². The highest BCUT2D eigenvalue weighted by atomic mass is 15.2.